The lowest BCUT2D eigenvalue weighted by Gasteiger charge is -2.19. The second kappa shape index (κ2) is 9.18. The number of carboxylic acid groups (broad SMARTS) is 1. The van der Waals surface area contributed by atoms with Crippen molar-refractivity contribution in [3.05, 3.63) is 48.0 Å². The van der Waals surface area contributed by atoms with Crippen molar-refractivity contribution in [1.82, 2.24) is 5.32 Å². The maximum absolute atomic E-state index is 12.2. The minimum Gasteiger partial charge on any atom is -0.481 e. The van der Waals surface area contributed by atoms with Crippen LogP contribution in [0.4, 0.5) is 0 Å². The molecule has 2 rings (SSSR count). The highest BCUT2D eigenvalue weighted by Crippen LogP contribution is 2.26. The van der Waals surface area contributed by atoms with Crippen LogP contribution in [-0.2, 0) is 14.3 Å². The molecule has 0 saturated carbocycles. The summed E-state index contributed by atoms with van der Waals surface area (Å²) in [5, 5.41) is 14.1. The normalized spacial score (nSPS) is 12.3. The molecule has 0 aliphatic rings. The summed E-state index contributed by atoms with van der Waals surface area (Å²) >= 11 is 0. The molecule has 5 nitrogen and oxygen atoms in total. The first-order valence-electron chi connectivity index (χ1n) is 8.58. The molecule has 2 aromatic rings. The fraction of sp³-hybridized carbons (Fsp3) is 0.400. The zero-order chi connectivity index (χ0) is 18.2. The van der Waals surface area contributed by atoms with Gasteiger partial charge in [-0.25, -0.2) is 0 Å². The smallest absolute Gasteiger partial charge is 0.305 e. The summed E-state index contributed by atoms with van der Waals surface area (Å²) in [4.78, 5) is 23.5. The fourth-order valence-corrected chi connectivity index (χ4v) is 2.79. The maximum Gasteiger partial charge on any atom is 0.305 e. The largest absolute Gasteiger partial charge is 0.481 e. The van der Waals surface area contributed by atoms with Crippen LogP contribution in [-0.4, -0.2) is 29.7 Å². The van der Waals surface area contributed by atoms with E-state index in [2.05, 4.69) is 5.32 Å². The monoisotopic (exact) mass is 343 g/mol. The molecule has 0 saturated heterocycles. The van der Waals surface area contributed by atoms with Gasteiger partial charge in [-0.15, -0.1) is 0 Å². The van der Waals surface area contributed by atoms with Gasteiger partial charge in [0.2, 0.25) is 5.91 Å². The molecular weight excluding hydrogens is 318 g/mol. The average molecular weight is 343 g/mol. The Morgan fingerprint density at radius 2 is 1.84 bits per heavy atom. The van der Waals surface area contributed by atoms with Crippen LogP contribution in [0.25, 0.3) is 10.8 Å². The van der Waals surface area contributed by atoms with Gasteiger partial charge in [0, 0.05) is 13.0 Å². The van der Waals surface area contributed by atoms with Crippen molar-refractivity contribution in [2.45, 2.75) is 45.3 Å². The van der Waals surface area contributed by atoms with Crippen LogP contribution in [0, 0.1) is 0 Å². The first-order valence-corrected chi connectivity index (χ1v) is 8.58. The van der Waals surface area contributed by atoms with Crippen molar-refractivity contribution < 1.29 is 19.4 Å². The number of fused-ring (bicyclic) bond motifs is 1. The third kappa shape index (κ3) is 5.87. The van der Waals surface area contributed by atoms with Crippen molar-refractivity contribution in [1.29, 1.82) is 0 Å². The zero-order valence-electron chi connectivity index (χ0n) is 14.7. The van der Waals surface area contributed by atoms with Gasteiger partial charge in [0.1, 0.15) is 0 Å². The molecule has 1 amide bonds. The van der Waals surface area contributed by atoms with Crippen LogP contribution >= 0.6 is 0 Å². The summed E-state index contributed by atoms with van der Waals surface area (Å²) in [6.45, 7) is 4.41. The molecule has 0 bridgehead atoms. The van der Waals surface area contributed by atoms with Gasteiger partial charge in [0.15, 0.2) is 0 Å². The number of ether oxygens (including phenoxy) is 1. The second-order valence-corrected chi connectivity index (χ2v) is 6.31. The molecule has 5 heteroatoms. The van der Waals surface area contributed by atoms with Gasteiger partial charge in [-0.1, -0.05) is 42.5 Å². The van der Waals surface area contributed by atoms with E-state index in [1.807, 2.05) is 56.3 Å². The molecule has 2 N–H and O–H groups in total. The predicted octanol–water partition coefficient (Wildman–Crippen LogP) is 3.68. The number of hydrogen-bond donors (Lipinski definition) is 2. The molecular formula is C20H25NO4. The Kier molecular flexibility index (Phi) is 6.95. The topological polar surface area (TPSA) is 75.6 Å². The highest BCUT2D eigenvalue weighted by atomic mass is 16.5. The number of carboxylic acids is 1. The molecule has 0 unspecified atom stereocenters. The number of aliphatic carboxylic acids is 1. The third-order valence-electron chi connectivity index (χ3n) is 3.91. The molecule has 0 aliphatic heterocycles. The van der Waals surface area contributed by atoms with Gasteiger partial charge in [-0.2, -0.15) is 0 Å². The standard InChI is InChI=1S/C20H25NO4/c1-14(2)25-12-6-11-19(22)21-18(13-20(23)24)17-10-5-8-15-7-3-4-9-16(15)17/h3-5,7-10,14,18H,6,11-13H2,1-2H3,(H,21,22)(H,23,24)/t18-/m1/s1. The fourth-order valence-electron chi connectivity index (χ4n) is 2.79. The number of amides is 1. The third-order valence-corrected chi connectivity index (χ3v) is 3.91. The Bertz CT molecular complexity index is 721. The zero-order valence-corrected chi connectivity index (χ0v) is 14.7. The molecule has 2 aromatic carbocycles. The molecule has 0 heterocycles. The summed E-state index contributed by atoms with van der Waals surface area (Å²) in [5.41, 5.74) is 0.826. The SMILES string of the molecule is CC(C)OCCCC(=O)N[C@H](CC(=O)O)c1cccc2ccccc12. The van der Waals surface area contributed by atoms with Gasteiger partial charge in [-0.3, -0.25) is 9.59 Å². The summed E-state index contributed by atoms with van der Waals surface area (Å²) in [6.07, 6.45) is 0.911. The molecule has 0 fully saturated rings. The van der Waals surface area contributed by atoms with Crippen LogP contribution in [0.5, 0.6) is 0 Å². The first kappa shape index (κ1) is 18.9. The maximum atomic E-state index is 12.2. The van der Waals surface area contributed by atoms with Crippen LogP contribution in [0.1, 0.15) is 44.7 Å². The predicted molar refractivity (Wildman–Crippen MR) is 97.4 cm³/mol. The molecule has 0 aromatic heterocycles. The molecule has 0 radical (unpaired) electrons. The Labute approximate surface area is 148 Å². The molecule has 25 heavy (non-hydrogen) atoms. The lowest BCUT2D eigenvalue weighted by molar-refractivity contribution is -0.137. The minimum absolute atomic E-state index is 0.138. The number of rotatable bonds is 9. The van der Waals surface area contributed by atoms with E-state index in [-0.39, 0.29) is 18.4 Å². The molecule has 1 atom stereocenters. The van der Waals surface area contributed by atoms with Crippen LogP contribution in [0.3, 0.4) is 0 Å². The van der Waals surface area contributed by atoms with E-state index in [1.54, 1.807) is 0 Å². The number of hydrogen-bond acceptors (Lipinski definition) is 3. The van der Waals surface area contributed by atoms with Crippen LogP contribution < -0.4 is 5.32 Å². The van der Waals surface area contributed by atoms with E-state index >= 15 is 0 Å². The van der Waals surface area contributed by atoms with Gasteiger partial charge in [0.25, 0.3) is 0 Å². The number of nitrogens with one attached hydrogen (secondary N) is 1. The number of carbonyl (C=O) groups excluding carboxylic acids is 1. The van der Waals surface area contributed by atoms with E-state index in [1.165, 1.54) is 0 Å². The number of benzene rings is 2. The molecule has 0 spiro atoms. The van der Waals surface area contributed by atoms with E-state index < -0.39 is 12.0 Å². The van der Waals surface area contributed by atoms with Gasteiger partial charge >= 0.3 is 5.97 Å². The lowest BCUT2D eigenvalue weighted by atomic mass is 9.96. The van der Waals surface area contributed by atoms with Gasteiger partial charge < -0.3 is 15.2 Å². The summed E-state index contributed by atoms with van der Waals surface area (Å²) in [5.74, 6) is -1.10. The summed E-state index contributed by atoms with van der Waals surface area (Å²) in [7, 11) is 0. The first-order chi connectivity index (χ1) is 12.0. The van der Waals surface area contributed by atoms with Crippen LogP contribution in [0.15, 0.2) is 42.5 Å². The van der Waals surface area contributed by atoms with Gasteiger partial charge in [-0.05, 0) is 36.6 Å². The minimum atomic E-state index is -0.943. The number of carbonyl (C=O) groups is 2. The highest BCUT2D eigenvalue weighted by molar-refractivity contribution is 5.87. The Morgan fingerprint density at radius 3 is 2.56 bits per heavy atom. The highest BCUT2D eigenvalue weighted by Gasteiger charge is 2.19. The quantitative estimate of drug-likeness (QED) is 0.681. The Balaban J connectivity index is 2.10. The van der Waals surface area contributed by atoms with Crippen molar-refractivity contribution >= 4 is 22.6 Å². The Morgan fingerprint density at radius 1 is 1.12 bits per heavy atom. The molecule has 134 valence electrons. The van der Waals surface area contributed by atoms with E-state index in [9.17, 15) is 14.7 Å². The van der Waals surface area contributed by atoms with Crippen molar-refractivity contribution in [3.63, 3.8) is 0 Å². The van der Waals surface area contributed by atoms with Crippen molar-refractivity contribution in [2.75, 3.05) is 6.61 Å². The second-order valence-electron chi connectivity index (χ2n) is 6.31. The van der Waals surface area contributed by atoms with Crippen LogP contribution in [0.2, 0.25) is 0 Å². The van der Waals surface area contributed by atoms with E-state index in [4.69, 9.17) is 4.74 Å². The van der Waals surface area contributed by atoms with Crippen molar-refractivity contribution in [2.24, 2.45) is 0 Å². The average Bonchev–Trinajstić information content (AvgIpc) is 2.57. The van der Waals surface area contributed by atoms with Crippen molar-refractivity contribution in [3.8, 4) is 0 Å². The summed E-state index contributed by atoms with van der Waals surface area (Å²) < 4.78 is 5.43. The van der Waals surface area contributed by atoms with Gasteiger partial charge in [0.05, 0.1) is 18.6 Å². The van der Waals surface area contributed by atoms with E-state index in [0.717, 1.165) is 16.3 Å². The summed E-state index contributed by atoms with van der Waals surface area (Å²) in [6, 6.07) is 12.9. The molecule has 0 aliphatic carbocycles. The Hall–Kier alpha value is -2.40. The van der Waals surface area contributed by atoms with E-state index in [0.29, 0.717) is 19.4 Å². The lowest BCUT2D eigenvalue weighted by Crippen LogP contribution is -2.30.